The number of benzene rings is 1. The highest BCUT2D eigenvalue weighted by atomic mass is 32.1. The fourth-order valence-electron chi connectivity index (χ4n) is 3.06. The predicted octanol–water partition coefficient (Wildman–Crippen LogP) is 3.90. The molecule has 0 saturated heterocycles. The van der Waals surface area contributed by atoms with Crippen LogP contribution in [0.1, 0.15) is 12.0 Å². The van der Waals surface area contributed by atoms with Crippen LogP contribution in [0.15, 0.2) is 67.3 Å². The zero-order chi connectivity index (χ0) is 20.1. The minimum Gasteiger partial charge on any atom is -0.359 e. The molecule has 29 heavy (non-hydrogen) atoms. The van der Waals surface area contributed by atoms with Crippen molar-refractivity contribution in [3.63, 3.8) is 0 Å². The molecule has 4 rings (SSSR count). The second kappa shape index (κ2) is 8.79. The average Bonchev–Trinajstić information content (AvgIpc) is 3.22. The molecule has 0 saturated carbocycles. The Bertz CT molecular complexity index is 1100. The first-order valence-corrected chi connectivity index (χ1v) is 10.2. The highest BCUT2D eigenvalue weighted by molar-refractivity contribution is 7.21. The maximum absolute atomic E-state index is 12.2. The fraction of sp³-hybridized carbons (Fsp3) is 0.182. The van der Waals surface area contributed by atoms with Crippen molar-refractivity contribution in [3.05, 3.63) is 72.8 Å². The predicted molar refractivity (Wildman–Crippen MR) is 117 cm³/mol. The Morgan fingerprint density at radius 1 is 1.14 bits per heavy atom. The standard InChI is InChI=1S/C22H21N5OS/c1-27(11-9-20(28)24-14-16-6-5-10-23-13-16)21-18-12-19(17-7-3-2-4-8-17)29-22(18)26-15-25-21/h2-8,10,12-13,15H,9,11,14H2,1H3,(H,24,28). The summed E-state index contributed by atoms with van der Waals surface area (Å²) in [7, 11) is 1.95. The first-order valence-electron chi connectivity index (χ1n) is 9.37. The van der Waals surface area contributed by atoms with E-state index in [1.54, 1.807) is 30.1 Å². The number of hydrogen-bond acceptors (Lipinski definition) is 6. The van der Waals surface area contributed by atoms with Crippen LogP contribution in [0.3, 0.4) is 0 Å². The number of nitrogens with one attached hydrogen (secondary N) is 1. The lowest BCUT2D eigenvalue weighted by Gasteiger charge is -2.18. The van der Waals surface area contributed by atoms with E-state index in [1.165, 1.54) is 5.56 Å². The van der Waals surface area contributed by atoms with Gasteiger partial charge in [-0.2, -0.15) is 0 Å². The number of hydrogen-bond donors (Lipinski definition) is 1. The molecule has 0 aliphatic carbocycles. The van der Waals surface area contributed by atoms with Gasteiger partial charge in [0, 0.05) is 43.8 Å². The lowest BCUT2D eigenvalue weighted by Crippen LogP contribution is -2.29. The van der Waals surface area contributed by atoms with Gasteiger partial charge in [0.25, 0.3) is 0 Å². The van der Waals surface area contributed by atoms with Crippen molar-refractivity contribution in [2.24, 2.45) is 0 Å². The number of anilines is 1. The van der Waals surface area contributed by atoms with Gasteiger partial charge < -0.3 is 10.2 Å². The van der Waals surface area contributed by atoms with E-state index in [-0.39, 0.29) is 5.91 Å². The van der Waals surface area contributed by atoms with Gasteiger partial charge in [-0.25, -0.2) is 9.97 Å². The summed E-state index contributed by atoms with van der Waals surface area (Å²) in [5.74, 6) is 0.842. The third-order valence-electron chi connectivity index (χ3n) is 4.62. The molecule has 0 fully saturated rings. The van der Waals surface area contributed by atoms with Gasteiger partial charge in [0.2, 0.25) is 5.91 Å². The lowest BCUT2D eigenvalue weighted by molar-refractivity contribution is -0.121. The normalized spacial score (nSPS) is 10.8. The summed E-state index contributed by atoms with van der Waals surface area (Å²) in [6, 6.07) is 16.2. The molecule has 7 heteroatoms. The molecule has 0 spiro atoms. The molecular formula is C22H21N5OS. The van der Waals surface area contributed by atoms with Gasteiger partial charge >= 0.3 is 0 Å². The van der Waals surface area contributed by atoms with Crippen molar-refractivity contribution in [3.8, 4) is 10.4 Å². The summed E-state index contributed by atoms with van der Waals surface area (Å²) in [4.78, 5) is 29.3. The summed E-state index contributed by atoms with van der Waals surface area (Å²) in [6.45, 7) is 1.06. The van der Waals surface area contributed by atoms with Crippen molar-refractivity contribution < 1.29 is 4.79 Å². The third-order valence-corrected chi connectivity index (χ3v) is 5.71. The molecule has 0 bridgehead atoms. The summed E-state index contributed by atoms with van der Waals surface area (Å²) in [5.41, 5.74) is 2.15. The zero-order valence-electron chi connectivity index (χ0n) is 16.1. The first-order chi connectivity index (χ1) is 14.2. The van der Waals surface area contributed by atoms with Crippen molar-refractivity contribution in [2.75, 3.05) is 18.5 Å². The van der Waals surface area contributed by atoms with Gasteiger partial charge in [0.15, 0.2) is 0 Å². The molecule has 1 amide bonds. The molecule has 3 heterocycles. The SMILES string of the molecule is CN(CCC(=O)NCc1cccnc1)c1ncnc2sc(-c3ccccc3)cc12. The number of thiophene rings is 1. The van der Waals surface area contributed by atoms with Crippen LogP contribution in [0.2, 0.25) is 0 Å². The molecule has 0 aliphatic rings. The van der Waals surface area contributed by atoms with E-state index in [9.17, 15) is 4.79 Å². The highest BCUT2D eigenvalue weighted by Crippen LogP contribution is 2.35. The summed E-state index contributed by atoms with van der Waals surface area (Å²) >= 11 is 1.65. The van der Waals surface area contributed by atoms with Crippen molar-refractivity contribution in [2.45, 2.75) is 13.0 Å². The number of pyridine rings is 1. The number of carbonyl (C=O) groups is 1. The number of carbonyl (C=O) groups excluding carboxylic acids is 1. The number of amides is 1. The monoisotopic (exact) mass is 403 g/mol. The van der Waals surface area contributed by atoms with Crippen molar-refractivity contribution >= 4 is 33.3 Å². The highest BCUT2D eigenvalue weighted by Gasteiger charge is 2.14. The van der Waals surface area contributed by atoms with Crippen LogP contribution in [-0.2, 0) is 11.3 Å². The van der Waals surface area contributed by atoms with Crippen molar-refractivity contribution in [1.29, 1.82) is 0 Å². The molecule has 0 atom stereocenters. The summed E-state index contributed by atoms with van der Waals surface area (Å²) in [5, 5.41) is 3.94. The van der Waals surface area contributed by atoms with E-state index in [2.05, 4.69) is 38.5 Å². The molecule has 1 aromatic carbocycles. The molecule has 4 aromatic rings. The number of rotatable bonds is 7. The molecule has 6 nitrogen and oxygen atoms in total. The van der Waals surface area contributed by atoms with Crippen LogP contribution < -0.4 is 10.2 Å². The molecule has 1 N–H and O–H groups in total. The van der Waals surface area contributed by atoms with Gasteiger partial charge in [0.05, 0.1) is 5.39 Å². The van der Waals surface area contributed by atoms with E-state index in [1.807, 2.05) is 42.3 Å². The molecule has 0 aliphatic heterocycles. The largest absolute Gasteiger partial charge is 0.359 e. The quantitative estimate of drug-likeness (QED) is 0.507. The Morgan fingerprint density at radius 2 is 2.00 bits per heavy atom. The number of nitrogens with zero attached hydrogens (tertiary/aromatic N) is 4. The summed E-state index contributed by atoms with van der Waals surface area (Å²) in [6.07, 6.45) is 5.45. The van der Waals surface area contributed by atoms with Crippen LogP contribution in [0, 0.1) is 0 Å². The van der Waals surface area contributed by atoms with Crippen LogP contribution in [0.25, 0.3) is 20.7 Å². The molecule has 0 radical (unpaired) electrons. The molecule has 146 valence electrons. The van der Waals surface area contributed by atoms with E-state index < -0.39 is 0 Å². The van der Waals surface area contributed by atoms with Gasteiger partial charge in [0.1, 0.15) is 17.0 Å². The van der Waals surface area contributed by atoms with Gasteiger partial charge in [-0.1, -0.05) is 36.4 Å². The maximum Gasteiger partial charge on any atom is 0.222 e. The van der Waals surface area contributed by atoms with Crippen LogP contribution in [-0.4, -0.2) is 34.5 Å². The third kappa shape index (κ3) is 4.57. The Labute approximate surface area is 173 Å². The van der Waals surface area contributed by atoms with Gasteiger partial charge in [-0.3, -0.25) is 9.78 Å². The zero-order valence-corrected chi connectivity index (χ0v) is 16.9. The van der Waals surface area contributed by atoms with Gasteiger partial charge in [-0.15, -0.1) is 11.3 Å². The second-order valence-corrected chi connectivity index (χ2v) is 7.73. The van der Waals surface area contributed by atoms with Gasteiger partial charge in [-0.05, 0) is 23.3 Å². The van der Waals surface area contributed by atoms with E-state index in [0.717, 1.165) is 26.5 Å². The van der Waals surface area contributed by atoms with E-state index in [0.29, 0.717) is 19.5 Å². The Kier molecular flexibility index (Phi) is 5.76. The van der Waals surface area contributed by atoms with E-state index >= 15 is 0 Å². The summed E-state index contributed by atoms with van der Waals surface area (Å²) < 4.78 is 0. The molecule has 0 unspecified atom stereocenters. The molecular weight excluding hydrogens is 382 g/mol. The smallest absolute Gasteiger partial charge is 0.222 e. The van der Waals surface area contributed by atoms with Crippen LogP contribution >= 0.6 is 11.3 Å². The second-order valence-electron chi connectivity index (χ2n) is 6.70. The van der Waals surface area contributed by atoms with Crippen LogP contribution in [0.4, 0.5) is 5.82 Å². The number of aromatic nitrogens is 3. The minimum atomic E-state index is 0.00120. The lowest BCUT2D eigenvalue weighted by atomic mass is 10.2. The Morgan fingerprint density at radius 3 is 2.79 bits per heavy atom. The topological polar surface area (TPSA) is 71.0 Å². The molecule has 3 aromatic heterocycles. The minimum absolute atomic E-state index is 0.00120. The Balaban J connectivity index is 1.42. The van der Waals surface area contributed by atoms with Crippen molar-refractivity contribution in [1.82, 2.24) is 20.3 Å². The fourth-order valence-corrected chi connectivity index (χ4v) is 4.06. The maximum atomic E-state index is 12.2. The number of fused-ring (bicyclic) bond motifs is 1. The Hall–Kier alpha value is -3.32. The van der Waals surface area contributed by atoms with Crippen LogP contribution in [0.5, 0.6) is 0 Å². The van der Waals surface area contributed by atoms with E-state index in [4.69, 9.17) is 0 Å². The first kappa shape index (κ1) is 19.0. The average molecular weight is 404 g/mol.